The van der Waals surface area contributed by atoms with E-state index in [-0.39, 0.29) is 23.5 Å². The molecular weight excluding hydrogens is 188 g/mol. The van der Waals surface area contributed by atoms with Gasteiger partial charge in [0.2, 0.25) is 0 Å². The summed E-state index contributed by atoms with van der Waals surface area (Å²) < 4.78 is 0. The maximum atomic E-state index is 10.4. The number of hydrogen-bond donors (Lipinski definition) is 4. The van der Waals surface area contributed by atoms with Crippen LogP contribution in [0.1, 0.15) is 17.2 Å². The number of phenols is 1. The van der Waals surface area contributed by atoms with Crippen molar-refractivity contribution >= 4 is 5.97 Å². The minimum atomic E-state index is -1.66. The van der Waals surface area contributed by atoms with Gasteiger partial charge in [-0.05, 0) is 11.6 Å². The number of carboxylic acids is 1. The number of hydrogen-bond acceptors (Lipinski definition) is 4. The van der Waals surface area contributed by atoms with Crippen LogP contribution in [-0.4, -0.2) is 26.4 Å². The van der Waals surface area contributed by atoms with Gasteiger partial charge in [-0.3, -0.25) is 0 Å². The number of carbonyl (C=O) groups is 1. The third-order valence-corrected chi connectivity index (χ3v) is 1.83. The zero-order valence-corrected chi connectivity index (χ0v) is 7.21. The second-order valence-corrected chi connectivity index (χ2v) is 2.79. The lowest BCUT2D eigenvalue weighted by atomic mass is 10.1. The molecule has 1 aromatic rings. The molecule has 0 amide bonds. The molecule has 0 radical (unpaired) electrons. The van der Waals surface area contributed by atoms with E-state index in [1.807, 2.05) is 0 Å². The molecule has 76 valence electrons. The fourth-order valence-corrected chi connectivity index (χ4v) is 1.03. The molecule has 0 aliphatic carbocycles. The second-order valence-electron chi connectivity index (χ2n) is 2.79. The number of aromatic hydroxyl groups is 1. The van der Waals surface area contributed by atoms with Gasteiger partial charge < -0.3 is 20.4 Å². The first kappa shape index (κ1) is 10.5. The number of carboxylic acid groups (broad SMARTS) is 1. The molecule has 0 saturated heterocycles. The lowest BCUT2D eigenvalue weighted by Crippen LogP contribution is -2.10. The van der Waals surface area contributed by atoms with E-state index in [0.717, 1.165) is 6.07 Å². The van der Waals surface area contributed by atoms with Gasteiger partial charge in [0.25, 0.3) is 0 Å². The number of aliphatic carboxylic acids is 1. The largest absolute Gasteiger partial charge is 0.508 e. The van der Waals surface area contributed by atoms with E-state index in [0.29, 0.717) is 0 Å². The summed E-state index contributed by atoms with van der Waals surface area (Å²) in [5.41, 5.74) is 0.360. The maximum absolute atomic E-state index is 10.4. The molecule has 1 aromatic carbocycles. The molecule has 1 atom stereocenters. The Morgan fingerprint density at radius 2 is 2.07 bits per heavy atom. The molecule has 14 heavy (non-hydrogen) atoms. The molecule has 0 aliphatic heterocycles. The van der Waals surface area contributed by atoms with E-state index in [9.17, 15) is 9.90 Å². The highest BCUT2D eigenvalue weighted by molar-refractivity contribution is 5.74. The van der Waals surface area contributed by atoms with Crippen LogP contribution >= 0.6 is 0 Å². The molecule has 0 heterocycles. The zero-order valence-electron chi connectivity index (χ0n) is 7.21. The van der Waals surface area contributed by atoms with Crippen LogP contribution in [0, 0.1) is 0 Å². The quantitative estimate of drug-likeness (QED) is 0.548. The minimum absolute atomic E-state index is 0.0761. The van der Waals surface area contributed by atoms with Gasteiger partial charge in [-0.2, -0.15) is 0 Å². The Bertz CT molecular complexity index is 347. The highest BCUT2D eigenvalue weighted by Crippen LogP contribution is 2.22. The van der Waals surface area contributed by atoms with E-state index in [1.165, 1.54) is 12.1 Å². The number of aliphatic hydroxyl groups is 2. The van der Waals surface area contributed by atoms with Gasteiger partial charge in [0.05, 0.1) is 6.61 Å². The molecule has 0 fully saturated rings. The van der Waals surface area contributed by atoms with Crippen molar-refractivity contribution in [3.05, 3.63) is 29.3 Å². The van der Waals surface area contributed by atoms with Crippen molar-refractivity contribution in [1.29, 1.82) is 0 Å². The lowest BCUT2D eigenvalue weighted by molar-refractivity contribution is -0.146. The monoisotopic (exact) mass is 198 g/mol. The Morgan fingerprint density at radius 3 is 2.50 bits per heavy atom. The van der Waals surface area contributed by atoms with Crippen molar-refractivity contribution in [3.63, 3.8) is 0 Å². The molecule has 0 spiro atoms. The average molecular weight is 198 g/mol. The van der Waals surface area contributed by atoms with Gasteiger partial charge in [-0.15, -0.1) is 0 Å². The number of rotatable bonds is 3. The second kappa shape index (κ2) is 4.08. The van der Waals surface area contributed by atoms with Crippen molar-refractivity contribution in [1.82, 2.24) is 0 Å². The normalized spacial score (nSPS) is 12.4. The molecule has 5 nitrogen and oxygen atoms in total. The third kappa shape index (κ3) is 2.01. The topological polar surface area (TPSA) is 98.0 Å². The standard InChI is InChI=1S/C9H10O5/c10-4-6-2-1-5(3-7(6)11)8(12)9(13)14/h1-3,8,10-12H,4H2,(H,13,14). The first-order valence-electron chi connectivity index (χ1n) is 3.89. The highest BCUT2D eigenvalue weighted by Gasteiger charge is 2.16. The molecule has 5 heteroatoms. The van der Waals surface area contributed by atoms with Crippen molar-refractivity contribution in [3.8, 4) is 5.75 Å². The summed E-state index contributed by atoms with van der Waals surface area (Å²) in [7, 11) is 0. The smallest absolute Gasteiger partial charge is 0.337 e. The average Bonchev–Trinajstić information content (AvgIpc) is 2.16. The van der Waals surface area contributed by atoms with Gasteiger partial charge in [-0.1, -0.05) is 12.1 Å². The van der Waals surface area contributed by atoms with Crippen LogP contribution in [0.4, 0.5) is 0 Å². The Hall–Kier alpha value is -1.59. The summed E-state index contributed by atoms with van der Waals surface area (Å²) in [6, 6.07) is 3.81. The molecule has 0 aromatic heterocycles. The highest BCUT2D eigenvalue weighted by atomic mass is 16.4. The van der Waals surface area contributed by atoms with Crippen molar-refractivity contribution in [2.45, 2.75) is 12.7 Å². The Kier molecular flexibility index (Phi) is 3.06. The fraction of sp³-hybridized carbons (Fsp3) is 0.222. The molecular formula is C9H10O5. The Balaban J connectivity index is 3.02. The summed E-state index contributed by atoms with van der Waals surface area (Å²) in [6.07, 6.45) is -1.66. The lowest BCUT2D eigenvalue weighted by Gasteiger charge is -2.07. The number of benzene rings is 1. The third-order valence-electron chi connectivity index (χ3n) is 1.83. The van der Waals surface area contributed by atoms with E-state index in [4.69, 9.17) is 15.3 Å². The first-order valence-corrected chi connectivity index (χ1v) is 3.89. The first-order chi connectivity index (χ1) is 6.56. The van der Waals surface area contributed by atoms with Gasteiger partial charge >= 0.3 is 5.97 Å². The molecule has 0 bridgehead atoms. The minimum Gasteiger partial charge on any atom is -0.508 e. The predicted octanol–water partition coefficient (Wildman–Crippen LogP) is 0.00250. The van der Waals surface area contributed by atoms with Crippen LogP contribution in [0.5, 0.6) is 5.75 Å². The molecule has 0 aliphatic rings. The van der Waals surface area contributed by atoms with Crippen molar-refractivity contribution in [2.24, 2.45) is 0 Å². The van der Waals surface area contributed by atoms with E-state index < -0.39 is 12.1 Å². The van der Waals surface area contributed by atoms with Crippen LogP contribution in [0.25, 0.3) is 0 Å². The maximum Gasteiger partial charge on any atom is 0.337 e. The predicted molar refractivity (Wildman–Crippen MR) is 46.6 cm³/mol. The summed E-state index contributed by atoms with van der Waals surface area (Å²) in [5.74, 6) is -1.62. The molecule has 4 N–H and O–H groups in total. The summed E-state index contributed by atoms with van der Waals surface area (Å²) in [4.78, 5) is 10.4. The van der Waals surface area contributed by atoms with E-state index in [1.54, 1.807) is 0 Å². The van der Waals surface area contributed by atoms with E-state index >= 15 is 0 Å². The zero-order chi connectivity index (χ0) is 10.7. The van der Waals surface area contributed by atoms with Crippen LogP contribution in [0.15, 0.2) is 18.2 Å². The molecule has 1 rings (SSSR count). The molecule has 1 unspecified atom stereocenters. The Labute approximate surface area is 79.9 Å². The fourth-order valence-electron chi connectivity index (χ4n) is 1.03. The van der Waals surface area contributed by atoms with Gasteiger partial charge in [0.15, 0.2) is 6.10 Å². The van der Waals surface area contributed by atoms with E-state index in [2.05, 4.69) is 0 Å². The van der Waals surface area contributed by atoms with Crippen LogP contribution < -0.4 is 0 Å². The van der Waals surface area contributed by atoms with Crippen LogP contribution in [0.2, 0.25) is 0 Å². The van der Waals surface area contributed by atoms with Gasteiger partial charge in [-0.25, -0.2) is 4.79 Å². The number of aliphatic hydroxyl groups excluding tert-OH is 2. The van der Waals surface area contributed by atoms with Crippen LogP contribution in [-0.2, 0) is 11.4 Å². The summed E-state index contributed by atoms with van der Waals surface area (Å²) in [5, 5.41) is 35.6. The van der Waals surface area contributed by atoms with Gasteiger partial charge in [0, 0.05) is 5.56 Å². The van der Waals surface area contributed by atoms with Crippen molar-refractivity contribution < 1.29 is 25.2 Å². The molecule has 0 saturated carbocycles. The van der Waals surface area contributed by atoms with Crippen LogP contribution in [0.3, 0.4) is 0 Å². The Morgan fingerprint density at radius 1 is 1.43 bits per heavy atom. The summed E-state index contributed by atoms with van der Waals surface area (Å²) >= 11 is 0. The van der Waals surface area contributed by atoms with Gasteiger partial charge in [0.1, 0.15) is 5.75 Å². The van der Waals surface area contributed by atoms with Crippen molar-refractivity contribution in [2.75, 3.05) is 0 Å². The SMILES string of the molecule is O=C(O)C(O)c1ccc(CO)c(O)c1. The summed E-state index contributed by atoms with van der Waals surface area (Å²) in [6.45, 7) is -0.338.